The first-order valence-corrected chi connectivity index (χ1v) is 8.24. The molecule has 7 heteroatoms. The van der Waals surface area contributed by atoms with Gasteiger partial charge in [0.25, 0.3) is 5.91 Å². The first kappa shape index (κ1) is 17.0. The van der Waals surface area contributed by atoms with E-state index < -0.39 is 0 Å². The van der Waals surface area contributed by atoms with Gasteiger partial charge in [-0.2, -0.15) is 0 Å². The maximum atomic E-state index is 12.2. The predicted molar refractivity (Wildman–Crippen MR) is 93.9 cm³/mol. The van der Waals surface area contributed by atoms with E-state index in [0.29, 0.717) is 18.7 Å². The molecule has 1 saturated heterocycles. The Balaban J connectivity index is 1.54. The van der Waals surface area contributed by atoms with Gasteiger partial charge >= 0.3 is 0 Å². The first-order chi connectivity index (χ1) is 12.1. The molecule has 0 bridgehead atoms. The minimum Gasteiger partial charge on any atom is -0.343 e. The highest BCUT2D eigenvalue weighted by Crippen LogP contribution is 2.16. The van der Waals surface area contributed by atoms with Crippen molar-refractivity contribution in [3.8, 4) is 11.3 Å². The monoisotopic (exact) mass is 339 g/mol. The lowest BCUT2D eigenvalue weighted by Gasteiger charge is -2.32. The van der Waals surface area contributed by atoms with E-state index >= 15 is 0 Å². The summed E-state index contributed by atoms with van der Waals surface area (Å²) in [5.74, 6) is -0.300. The van der Waals surface area contributed by atoms with Crippen LogP contribution >= 0.6 is 0 Å². The first-order valence-electron chi connectivity index (χ1n) is 8.24. The fourth-order valence-electron chi connectivity index (χ4n) is 2.67. The predicted octanol–water partition coefficient (Wildman–Crippen LogP) is 0.647. The molecule has 3 rings (SSSR count). The van der Waals surface area contributed by atoms with Crippen LogP contribution in [0.2, 0.25) is 0 Å². The molecule has 1 N–H and O–H groups in total. The molecule has 1 fully saturated rings. The second-order valence-corrected chi connectivity index (χ2v) is 6.03. The van der Waals surface area contributed by atoms with Gasteiger partial charge in [0.1, 0.15) is 0 Å². The van der Waals surface area contributed by atoms with E-state index in [1.807, 2.05) is 19.2 Å². The molecule has 1 aromatic heterocycles. The molecule has 0 aliphatic carbocycles. The van der Waals surface area contributed by atoms with Crippen LogP contribution in [-0.2, 0) is 4.79 Å². The molecule has 25 heavy (non-hydrogen) atoms. The summed E-state index contributed by atoms with van der Waals surface area (Å²) in [4.78, 5) is 36.6. The van der Waals surface area contributed by atoms with E-state index in [-0.39, 0.29) is 18.4 Å². The molecular formula is C18H21N5O2. The van der Waals surface area contributed by atoms with Gasteiger partial charge < -0.3 is 15.1 Å². The quantitative estimate of drug-likeness (QED) is 0.885. The average molecular weight is 339 g/mol. The molecule has 0 radical (unpaired) electrons. The van der Waals surface area contributed by atoms with Gasteiger partial charge in [-0.1, -0.05) is 12.1 Å². The Labute approximate surface area is 146 Å². The maximum Gasteiger partial charge on any atom is 0.251 e. The number of benzene rings is 1. The van der Waals surface area contributed by atoms with Crippen LogP contribution in [0.25, 0.3) is 11.3 Å². The van der Waals surface area contributed by atoms with E-state index in [1.54, 1.807) is 35.6 Å². The van der Waals surface area contributed by atoms with Crippen molar-refractivity contribution in [3.63, 3.8) is 0 Å². The molecule has 1 aliphatic rings. The van der Waals surface area contributed by atoms with Crippen LogP contribution in [0, 0.1) is 0 Å². The van der Waals surface area contributed by atoms with Crippen LogP contribution in [0.15, 0.2) is 42.9 Å². The van der Waals surface area contributed by atoms with E-state index in [9.17, 15) is 9.59 Å². The third kappa shape index (κ3) is 4.39. The number of carbonyl (C=O) groups excluding carboxylic acids is 2. The lowest BCUT2D eigenvalue weighted by molar-refractivity contribution is -0.131. The Morgan fingerprint density at radius 2 is 1.80 bits per heavy atom. The van der Waals surface area contributed by atoms with Gasteiger partial charge in [-0.05, 0) is 19.2 Å². The lowest BCUT2D eigenvalue weighted by Crippen LogP contribution is -2.50. The van der Waals surface area contributed by atoms with Crippen molar-refractivity contribution in [1.82, 2.24) is 25.1 Å². The summed E-state index contributed by atoms with van der Waals surface area (Å²) in [6.45, 7) is 3.16. The fraction of sp³-hybridized carbons (Fsp3) is 0.333. The Kier molecular flexibility index (Phi) is 5.35. The highest BCUT2D eigenvalue weighted by atomic mass is 16.2. The van der Waals surface area contributed by atoms with Crippen molar-refractivity contribution in [3.05, 3.63) is 48.4 Å². The van der Waals surface area contributed by atoms with Crippen molar-refractivity contribution < 1.29 is 9.59 Å². The Hall–Kier alpha value is -2.80. The number of hydrogen-bond acceptors (Lipinski definition) is 5. The Morgan fingerprint density at radius 1 is 1.08 bits per heavy atom. The third-order valence-corrected chi connectivity index (χ3v) is 4.26. The molecule has 0 unspecified atom stereocenters. The summed E-state index contributed by atoms with van der Waals surface area (Å²) >= 11 is 0. The number of likely N-dealkylation sites (N-methyl/N-ethyl adjacent to an activating group) is 1. The van der Waals surface area contributed by atoms with Crippen molar-refractivity contribution in [1.29, 1.82) is 0 Å². The van der Waals surface area contributed by atoms with E-state index in [4.69, 9.17) is 0 Å². The molecule has 7 nitrogen and oxygen atoms in total. The van der Waals surface area contributed by atoms with Crippen LogP contribution in [0.4, 0.5) is 0 Å². The summed E-state index contributed by atoms with van der Waals surface area (Å²) in [6.07, 6.45) is 4.91. The van der Waals surface area contributed by atoms with E-state index in [0.717, 1.165) is 24.3 Å². The molecule has 2 aromatic rings. The molecule has 0 saturated carbocycles. The number of hydrogen-bond donors (Lipinski definition) is 1. The SMILES string of the molecule is CN1CCN(C(=O)CNC(=O)c2ccc(-c3cnccn3)cc2)CC1. The van der Waals surface area contributed by atoms with E-state index in [1.165, 1.54) is 0 Å². The number of nitrogens with zero attached hydrogens (tertiary/aromatic N) is 4. The number of amides is 2. The molecule has 0 spiro atoms. The van der Waals surface area contributed by atoms with Gasteiger partial charge in [0, 0.05) is 49.7 Å². The molecule has 2 amide bonds. The molecule has 0 atom stereocenters. The van der Waals surface area contributed by atoms with Gasteiger partial charge in [-0.25, -0.2) is 0 Å². The smallest absolute Gasteiger partial charge is 0.251 e. The fourth-order valence-corrected chi connectivity index (χ4v) is 2.67. The van der Waals surface area contributed by atoms with Crippen LogP contribution in [0.1, 0.15) is 10.4 Å². The molecule has 1 aliphatic heterocycles. The normalized spacial score (nSPS) is 15.0. The highest BCUT2D eigenvalue weighted by molar-refractivity contribution is 5.96. The number of nitrogens with one attached hydrogen (secondary N) is 1. The topological polar surface area (TPSA) is 78.4 Å². The van der Waals surface area contributed by atoms with Gasteiger partial charge in [0.2, 0.25) is 5.91 Å². The van der Waals surface area contributed by atoms with E-state index in [2.05, 4.69) is 20.2 Å². The Bertz CT molecular complexity index is 725. The highest BCUT2D eigenvalue weighted by Gasteiger charge is 2.19. The molecule has 130 valence electrons. The van der Waals surface area contributed by atoms with Crippen LogP contribution < -0.4 is 5.32 Å². The summed E-state index contributed by atoms with van der Waals surface area (Å²) in [5, 5.41) is 2.69. The standard InChI is InChI=1S/C18H21N5O2/c1-22-8-10-23(11-9-22)17(24)13-21-18(25)15-4-2-14(3-5-15)16-12-19-6-7-20-16/h2-7,12H,8-11,13H2,1H3,(H,21,25). The number of piperazine rings is 1. The lowest BCUT2D eigenvalue weighted by atomic mass is 10.1. The zero-order valence-corrected chi connectivity index (χ0v) is 14.2. The Morgan fingerprint density at radius 3 is 2.44 bits per heavy atom. The maximum absolute atomic E-state index is 12.2. The van der Waals surface area contributed by atoms with Crippen molar-refractivity contribution in [2.24, 2.45) is 0 Å². The van der Waals surface area contributed by atoms with Crippen molar-refractivity contribution in [2.45, 2.75) is 0 Å². The minimum atomic E-state index is -0.256. The zero-order chi connectivity index (χ0) is 17.6. The molecule has 2 heterocycles. The van der Waals surface area contributed by atoms with Crippen LogP contribution in [0.5, 0.6) is 0 Å². The average Bonchev–Trinajstić information content (AvgIpc) is 2.67. The van der Waals surface area contributed by atoms with Crippen LogP contribution in [-0.4, -0.2) is 71.4 Å². The number of carbonyl (C=O) groups is 2. The third-order valence-electron chi connectivity index (χ3n) is 4.26. The summed E-state index contributed by atoms with van der Waals surface area (Å²) in [6, 6.07) is 7.09. The zero-order valence-electron chi connectivity index (χ0n) is 14.2. The number of aromatic nitrogens is 2. The van der Waals surface area contributed by atoms with Gasteiger partial charge in [0.05, 0.1) is 18.4 Å². The summed E-state index contributed by atoms with van der Waals surface area (Å²) in [5.41, 5.74) is 2.15. The second kappa shape index (κ2) is 7.85. The van der Waals surface area contributed by atoms with Gasteiger partial charge in [-0.3, -0.25) is 19.6 Å². The second-order valence-electron chi connectivity index (χ2n) is 6.03. The van der Waals surface area contributed by atoms with Crippen molar-refractivity contribution in [2.75, 3.05) is 39.8 Å². The minimum absolute atomic E-state index is 0.0223. The van der Waals surface area contributed by atoms with Gasteiger partial charge in [0.15, 0.2) is 0 Å². The molecular weight excluding hydrogens is 318 g/mol. The summed E-state index contributed by atoms with van der Waals surface area (Å²) in [7, 11) is 2.04. The van der Waals surface area contributed by atoms with Crippen molar-refractivity contribution >= 4 is 11.8 Å². The largest absolute Gasteiger partial charge is 0.343 e. The number of rotatable bonds is 4. The van der Waals surface area contributed by atoms with Gasteiger partial charge in [-0.15, -0.1) is 0 Å². The summed E-state index contributed by atoms with van der Waals surface area (Å²) < 4.78 is 0. The molecule has 1 aromatic carbocycles. The van der Waals surface area contributed by atoms with Crippen LogP contribution in [0.3, 0.4) is 0 Å².